The van der Waals surface area contributed by atoms with Crippen molar-refractivity contribution in [2.75, 3.05) is 13.1 Å². The second-order valence-electron chi connectivity index (χ2n) is 10.0. The molecule has 2 unspecified atom stereocenters. The quantitative estimate of drug-likeness (QED) is 0.584. The van der Waals surface area contributed by atoms with Crippen LogP contribution in [0.1, 0.15) is 48.8 Å². The van der Waals surface area contributed by atoms with Crippen molar-refractivity contribution in [2.45, 2.75) is 51.7 Å². The van der Waals surface area contributed by atoms with E-state index in [0.717, 1.165) is 16.7 Å². The Balaban J connectivity index is 1.44. The lowest BCUT2D eigenvalue weighted by Crippen LogP contribution is -2.40. The second-order valence-corrected chi connectivity index (χ2v) is 10.0. The number of nitrogens with zero attached hydrogens (tertiary/aromatic N) is 2. The third-order valence-corrected chi connectivity index (χ3v) is 6.36. The summed E-state index contributed by atoms with van der Waals surface area (Å²) in [7, 11) is 0. The highest BCUT2D eigenvalue weighted by molar-refractivity contribution is 5.95. The standard InChI is InChI=1S/C25H31N5O4/c1-5-6-7-18-20(26)29-22(32)25(18)11-15-10-19(27-13-16(15)12-25)21(31)28-17-8-9-30(14-17)23(33)34-24(2,3)4/h5-7,10,13,17H,1,8-9,11-12,14,26H2,2-4H3,(H,28,31)(H,29,32)/b7-6-. The lowest BCUT2D eigenvalue weighted by atomic mass is 9.78. The molecule has 1 saturated heterocycles. The lowest BCUT2D eigenvalue weighted by Gasteiger charge is -2.24. The van der Waals surface area contributed by atoms with Crippen molar-refractivity contribution in [3.63, 3.8) is 0 Å². The molecule has 1 spiro atoms. The third-order valence-electron chi connectivity index (χ3n) is 6.36. The number of likely N-dealkylation sites (tertiary alicyclic amines) is 1. The van der Waals surface area contributed by atoms with Gasteiger partial charge >= 0.3 is 6.09 Å². The Hall–Kier alpha value is -3.62. The molecule has 3 heterocycles. The van der Waals surface area contributed by atoms with Crippen molar-refractivity contribution in [2.24, 2.45) is 11.1 Å². The molecule has 180 valence electrons. The number of ether oxygens (including phenoxy) is 1. The van der Waals surface area contributed by atoms with Crippen molar-refractivity contribution >= 4 is 17.9 Å². The molecular weight excluding hydrogens is 434 g/mol. The average Bonchev–Trinajstić information content (AvgIpc) is 3.42. The first-order chi connectivity index (χ1) is 16.0. The van der Waals surface area contributed by atoms with Gasteiger partial charge in [-0.1, -0.05) is 24.8 Å². The number of hydrogen-bond donors (Lipinski definition) is 3. The molecule has 9 nitrogen and oxygen atoms in total. The van der Waals surface area contributed by atoms with Gasteiger partial charge in [-0.15, -0.1) is 0 Å². The summed E-state index contributed by atoms with van der Waals surface area (Å²) in [4.78, 5) is 44.0. The van der Waals surface area contributed by atoms with E-state index in [4.69, 9.17) is 10.5 Å². The number of rotatable bonds is 4. The van der Waals surface area contributed by atoms with Gasteiger partial charge in [0.2, 0.25) is 5.91 Å². The number of allylic oxidation sites excluding steroid dienone is 3. The Morgan fingerprint density at radius 3 is 2.79 bits per heavy atom. The Kier molecular flexibility index (Phi) is 5.97. The number of carbonyl (C=O) groups excluding carboxylic acids is 3. The van der Waals surface area contributed by atoms with Gasteiger partial charge in [0.25, 0.3) is 5.91 Å². The zero-order chi connectivity index (χ0) is 24.7. The molecule has 3 aliphatic rings. The van der Waals surface area contributed by atoms with Gasteiger partial charge in [0.15, 0.2) is 0 Å². The fourth-order valence-corrected chi connectivity index (χ4v) is 4.77. The van der Waals surface area contributed by atoms with Crippen LogP contribution in [0.2, 0.25) is 0 Å². The maximum atomic E-state index is 12.9. The summed E-state index contributed by atoms with van der Waals surface area (Å²) >= 11 is 0. The molecule has 0 saturated carbocycles. The summed E-state index contributed by atoms with van der Waals surface area (Å²) in [5.41, 5.74) is 7.54. The van der Waals surface area contributed by atoms with E-state index in [9.17, 15) is 14.4 Å². The lowest BCUT2D eigenvalue weighted by molar-refractivity contribution is -0.126. The third kappa shape index (κ3) is 4.42. The van der Waals surface area contributed by atoms with Crippen molar-refractivity contribution in [3.8, 4) is 0 Å². The SMILES string of the molecule is C=C/C=C\C1=C(N)NC(=O)C12Cc1cnc(C(=O)NC3CCN(C(=O)OC(C)(C)C)C3)cc1C2. The topological polar surface area (TPSA) is 127 Å². The molecule has 34 heavy (non-hydrogen) atoms. The average molecular weight is 466 g/mol. The molecule has 1 fully saturated rings. The fourth-order valence-electron chi connectivity index (χ4n) is 4.77. The molecule has 0 aromatic carbocycles. The van der Waals surface area contributed by atoms with Crippen LogP contribution in [0.4, 0.5) is 4.79 Å². The van der Waals surface area contributed by atoms with Gasteiger partial charge in [0.1, 0.15) is 17.1 Å². The zero-order valence-corrected chi connectivity index (χ0v) is 19.8. The summed E-state index contributed by atoms with van der Waals surface area (Å²) < 4.78 is 5.41. The van der Waals surface area contributed by atoms with E-state index in [2.05, 4.69) is 22.2 Å². The Morgan fingerprint density at radius 2 is 2.09 bits per heavy atom. The number of fused-ring (bicyclic) bond motifs is 1. The normalized spacial score (nSPS) is 24.0. The maximum Gasteiger partial charge on any atom is 0.410 e. The van der Waals surface area contributed by atoms with Crippen LogP contribution in [0.3, 0.4) is 0 Å². The predicted octanol–water partition coefficient (Wildman–Crippen LogP) is 1.95. The summed E-state index contributed by atoms with van der Waals surface area (Å²) in [6.07, 6.45) is 8.03. The Morgan fingerprint density at radius 1 is 1.35 bits per heavy atom. The number of hydrogen-bond acceptors (Lipinski definition) is 6. The number of nitrogens with two attached hydrogens (primary N) is 1. The largest absolute Gasteiger partial charge is 0.444 e. The minimum Gasteiger partial charge on any atom is -0.444 e. The van der Waals surface area contributed by atoms with Crippen LogP contribution >= 0.6 is 0 Å². The van der Waals surface area contributed by atoms with Crippen LogP contribution in [0, 0.1) is 5.41 Å². The predicted molar refractivity (Wildman–Crippen MR) is 126 cm³/mol. The number of aromatic nitrogens is 1. The molecule has 2 aliphatic heterocycles. The number of pyridine rings is 1. The van der Waals surface area contributed by atoms with Gasteiger partial charge in [-0.25, -0.2) is 4.79 Å². The molecule has 4 N–H and O–H groups in total. The van der Waals surface area contributed by atoms with Gasteiger partial charge < -0.3 is 26.0 Å². The number of amides is 3. The molecular formula is C25H31N5O4. The monoisotopic (exact) mass is 465 g/mol. The van der Waals surface area contributed by atoms with Crippen LogP contribution in [0.25, 0.3) is 0 Å². The van der Waals surface area contributed by atoms with Crippen molar-refractivity contribution < 1.29 is 19.1 Å². The van der Waals surface area contributed by atoms with Crippen LogP contribution in [-0.4, -0.2) is 52.5 Å². The van der Waals surface area contributed by atoms with E-state index in [1.54, 1.807) is 29.3 Å². The smallest absolute Gasteiger partial charge is 0.410 e. The maximum absolute atomic E-state index is 12.9. The first-order valence-corrected chi connectivity index (χ1v) is 11.4. The summed E-state index contributed by atoms with van der Waals surface area (Å²) in [5, 5.41) is 5.71. The molecule has 4 rings (SSSR count). The van der Waals surface area contributed by atoms with Crippen LogP contribution in [0.5, 0.6) is 0 Å². The van der Waals surface area contributed by atoms with Crippen molar-refractivity contribution in [1.29, 1.82) is 0 Å². The van der Waals surface area contributed by atoms with Crippen LogP contribution in [0.15, 0.2) is 48.5 Å². The van der Waals surface area contributed by atoms with E-state index in [1.807, 2.05) is 26.8 Å². The fraction of sp³-hybridized carbons (Fsp3) is 0.440. The molecule has 9 heteroatoms. The molecule has 1 aromatic rings. The van der Waals surface area contributed by atoms with E-state index in [1.165, 1.54) is 0 Å². The molecule has 3 amide bonds. The van der Waals surface area contributed by atoms with Crippen LogP contribution in [-0.2, 0) is 22.4 Å². The van der Waals surface area contributed by atoms with Gasteiger partial charge in [0, 0.05) is 30.9 Å². The van der Waals surface area contributed by atoms with Gasteiger partial charge in [0.05, 0.1) is 5.41 Å². The second kappa shape index (κ2) is 8.62. The van der Waals surface area contributed by atoms with E-state index < -0.39 is 11.0 Å². The first kappa shape index (κ1) is 23.5. The summed E-state index contributed by atoms with van der Waals surface area (Å²) in [5.74, 6) is -0.112. The molecule has 0 radical (unpaired) electrons. The van der Waals surface area contributed by atoms with Crippen molar-refractivity contribution in [3.05, 3.63) is 65.3 Å². The molecule has 1 aliphatic carbocycles. The van der Waals surface area contributed by atoms with E-state index in [-0.39, 0.29) is 29.6 Å². The summed E-state index contributed by atoms with van der Waals surface area (Å²) in [6, 6.07) is 1.57. The highest BCUT2D eigenvalue weighted by Gasteiger charge is 2.51. The van der Waals surface area contributed by atoms with E-state index in [0.29, 0.717) is 38.2 Å². The first-order valence-electron chi connectivity index (χ1n) is 11.4. The molecule has 2 atom stereocenters. The van der Waals surface area contributed by atoms with Gasteiger partial charge in [-0.3, -0.25) is 14.6 Å². The number of carbonyl (C=O) groups is 3. The van der Waals surface area contributed by atoms with E-state index >= 15 is 0 Å². The van der Waals surface area contributed by atoms with Gasteiger partial charge in [-0.2, -0.15) is 0 Å². The molecule has 1 aromatic heterocycles. The minimum absolute atomic E-state index is 0.149. The van der Waals surface area contributed by atoms with Crippen molar-refractivity contribution in [1.82, 2.24) is 20.5 Å². The highest BCUT2D eigenvalue weighted by Crippen LogP contribution is 2.46. The minimum atomic E-state index is -0.803. The Labute approximate surface area is 199 Å². The number of nitrogens with one attached hydrogen (secondary N) is 2. The summed E-state index contributed by atoms with van der Waals surface area (Å²) in [6.45, 7) is 10.1. The van der Waals surface area contributed by atoms with Crippen LogP contribution < -0.4 is 16.4 Å². The zero-order valence-electron chi connectivity index (χ0n) is 19.8. The Bertz CT molecular complexity index is 1120. The van der Waals surface area contributed by atoms with Gasteiger partial charge in [-0.05, 0) is 57.2 Å². The highest BCUT2D eigenvalue weighted by atomic mass is 16.6. The molecule has 0 bridgehead atoms.